The maximum absolute atomic E-state index is 10.1. The van der Waals surface area contributed by atoms with Gasteiger partial charge in [0, 0.05) is 34.7 Å². The Morgan fingerprint density at radius 1 is 1.06 bits per heavy atom. The van der Waals surface area contributed by atoms with Gasteiger partial charge in [-0.2, -0.15) is 0 Å². The Morgan fingerprint density at radius 2 is 1.77 bits per heavy atom. The highest BCUT2D eigenvalue weighted by Gasteiger charge is 2.40. The van der Waals surface area contributed by atoms with Gasteiger partial charge in [-0.15, -0.1) is 0 Å². The molecule has 0 bridgehead atoms. The van der Waals surface area contributed by atoms with Gasteiger partial charge in [0.25, 0.3) is 0 Å². The standard InChI is InChI=1S/C21H27N5O2.C6H13N/c1-21(2)17-18(23-13-24-20(17)22)15-7-6-14(27)12-16(15)19(21)25-28-11-10-26-8-4-3-5-9-26;7-6-4-2-1-3-5-6/h6-7,12-13,27H,3-5,8-11H2,1-2H3,(H2,22,23,24);6H,1-5,7H2/b25-19+;. The molecule has 0 unspecified atom stereocenters. The summed E-state index contributed by atoms with van der Waals surface area (Å²) >= 11 is 0. The van der Waals surface area contributed by atoms with Gasteiger partial charge in [-0.1, -0.05) is 30.8 Å². The first-order chi connectivity index (χ1) is 16.9. The third-order valence-electron chi connectivity index (χ3n) is 7.36. The zero-order valence-corrected chi connectivity index (χ0v) is 21.2. The van der Waals surface area contributed by atoms with Gasteiger partial charge >= 0.3 is 0 Å². The number of aromatic hydroxyl groups is 1. The molecule has 1 saturated carbocycles. The number of phenolic OH excluding ortho intramolecular Hbond substituents is 1. The van der Waals surface area contributed by atoms with Gasteiger partial charge in [-0.3, -0.25) is 4.90 Å². The number of aromatic nitrogens is 2. The number of piperidine rings is 1. The summed E-state index contributed by atoms with van der Waals surface area (Å²) in [5, 5.41) is 14.6. The summed E-state index contributed by atoms with van der Waals surface area (Å²) in [5.41, 5.74) is 15.3. The minimum Gasteiger partial charge on any atom is -0.508 e. The Labute approximate surface area is 208 Å². The summed E-state index contributed by atoms with van der Waals surface area (Å²) in [7, 11) is 0. The number of likely N-dealkylation sites (tertiary alicyclic amines) is 1. The topological polar surface area (TPSA) is 123 Å². The molecule has 0 spiro atoms. The molecule has 5 rings (SSSR count). The zero-order valence-electron chi connectivity index (χ0n) is 21.2. The third-order valence-corrected chi connectivity index (χ3v) is 7.36. The molecular formula is C27H40N6O2. The Kier molecular flexibility index (Phi) is 8.23. The van der Waals surface area contributed by atoms with Crippen LogP contribution in [0.15, 0.2) is 29.7 Å². The lowest BCUT2D eigenvalue weighted by molar-refractivity contribution is 0.101. The number of fused-ring (bicyclic) bond motifs is 3. The van der Waals surface area contributed by atoms with Gasteiger partial charge in [0.05, 0.1) is 11.4 Å². The van der Waals surface area contributed by atoms with Crippen molar-refractivity contribution >= 4 is 11.5 Å². The smallest absolute Gasteiger partial charge is 0.131 e. The molecule has 2 aliphatic carbocycles. The van der Waals surface area contributed by atoms with Gasteiger partial charge in [-0.25, -0.2) is 9.97 Å². The average molecular weight is 481 g/mol. The number of hydrogen-bond acceptors (Lipinski definition) is 8. The van der Waals surface area contributed by atoms with Crippen molar-refractivity contribution in [2.75, 3.05) is 32.0 Å². The fourth-order valence-corrected chi connectivity index (χ4v) is 5.37. The van der Waals surface area contributed by atoms with Crippen LogP contribution in [0.5, 0.6) is 5.75 Å². The lowest BCUT2D eigenvalue weighted by Gasteiger charge is -2.34. The van der Waals surface area contributed by atoms with Crippen molar-refractivity contribution in [1.29, 1.82) is 0 Å². The Bertz CT molecular complexity index is 1030. The summed E-state index contributed by atoms with van der Waals surface area (Å²) in [6.45, 7) is 7.72. The molecular weight excluding hydrogens is 440 g/mol. The van der Waals surface area contributed by atoms with Gasteiger partial charge in [0.15, 0.2) is 0 Å². The number of anilines is 1. The summed E-state index contributed by atoms with van der Waals surface area (Å²) in [6.07, 6.45) is 12.0. The highest BCUT2D eigenvalue weighted by Crippen LogP contribution is 2.45. The van der Waals surface area contributed by atoms with E-state index in [1.165, 1.54) is 57.7 Å². The molecule has 3 aliphatic rings. The monoisotopic (exact) mass is 480 g/mol. The SMILES string of the molecule is CC1(C)/C(=N/OCCN2CCCCC2)c2cc(O)ccc2-c2ncnc(N)c21.NC1CCCCC1. The van der Waals surface area contributed by atoms with Crippen molar-refractivity contribution in [3.05, 3.63) is 35.7 Å². The first-order valence-electron chi connectivity index (χ1n) is 13.0. The number of oxime groups is 1. The van der Waals surface area contributed by atoms with Crippen LogP contribution in [0.3, 0.4) is 0 Å². The molecule has 1 saturated heterocycles. The van der Waals surface area contributed by atoms with Crippen LogP contribution in [0, 0.1) is 0 Å². The van der Waals surface area contributed by atoms with E-state index in [1.807, 2.05) is 19.9 Å². The third kappa shape index (κ3) is 5.93. The van der Waals surface area contributed by atoms with E-state index in [4.69, 9.17) is 16.3 Å². The maximum Gasteiger partial charge on any atom is 0.131 e. The molecule has 1 aliphatic heterocycles. The number of nitrogen functional groups attached to an aromatic ring is 1. The lowest BCUT2D eigenvalue weighted by Crippen LogP contribution is -2.36. The maximum atomic E-state index is 10.1. The van der Waals surface area contributed by atoms with Crippen molar-refractivity contribution in [2.45, 2.75) is 76.7 Å². The second-order valence-corrected chi connectivity index (χ2v) is 10.4. The average Bonchev–Trinajstić information content (AvgIpc) is 2.84. The summed E-state index contributed by atoms with van der Waals surface area (Å²) in [4.78, 5) is 16.8. The lowest BCUT2D eigenvalue weighted by atomic mass is 9.70. The highest BCUT2D eigenvalue weighted by atomic mass is 16.6. The van der Waals surface area contributed by atoms with Gasteiger partial charge in [-0.05, 0) is 70.8 Å². The second kappa shape index (κ2) is 11.4. The van der Waals surface area contributed by atoms with Crippen LogP contribution in [0.25, 0.3) is 11.3 Å². The number of hydrogen-bond donors (Lipinski definition) is 3. The van der Waals surface area contributed by atoms with E-state index in [0.29, 0.717) is 18.5 Å². The molecule has 8 nitrogen and oxygen atoms in total. The predicted molar refractivity (Wildman–Crippen MR) is 140 cm³/mol. The van der Waals surface area contributed by atoms with Crippen molar-refractivity contribution in [1.82, 2.24) is 14.9 Å². The summed E-state index contributed by atoms with van der Waals surface area (Å²) in [6, 6.07) is 5.74. The van der Waals surface area contributed by atoms with E-state index in [-0.39, 0.29) is 5.75 Å². The molecule has 2 heterocycles. The van der Waals surface area contributed by atoms with Crippen LogP contribution in [0.4, 0.5) is 5.82 Å². The molecule has 8 heteroatoms. The van der Waals surface area contributed by atoms with Crippen molar-refractivity contribution in [3.8, 4) is 17.0 Å². The van der Waals surface area contributed by atoms with Crippen LogP contribution in [-0.4, -0.2) is 58.0 Å². The van der Waals surface area contributed by atoms with Crippen LogP contribution < -0.4 is 11.5 Å². The number of benzene rings is 1. The zero-order chi connectivity index (χ0) is 24.8. The van der Waals surface area contributed by atoms with Crippen molar-refractivity contribution in [3.63, 3.8) is 0 Å². The van der Waals surface area contributed by atoms with Crippen molar-refractivity contribution < 1.29 is 9.94 Å². The van der Waals surface area contributed by atoms with Crippen LogP contribution in [0.1, 0.15) is 76.3 Å². The largest absolute Gasteiger partial charge is 0.508 e. The van der Waals surface area contributed by atoms with E-state index in [2.05, 4.69) is 20.0 Å². The molecule has 0 radical (unpaired) electrons. The number of nitrogens with two attached hydrogens (primary N) is 2. The van der Waals surface area contributed by atoms with Crippen LogP contribution >= 0.6 is 0 Å². The number of rotatable bonds is 4. The van der Waals surface area contributed by atoms with Gasteiger partial charge < -0.3 is 21.4 Å². The Hall–Kier alpha value is -2.71. The Morgan fingerprint density at radius 3 is 2.46 bits per heavy atom. The first kappa shape index (κ1) is 25.4. The highest BCUT2D eigenvalue weighted by molar-refractivity contribution is 6.15. The van der Waals surface area contributed by atoms with E-state index >= 15 is 0 Å². The van der Waals surface area contributed by atoms with E-state index < -0.39 is 5.41 Å². The molecule has 35 heavy (non-hydrogen) atoms. The van der Waals surface area contributed by atoms with E-state index in [1.54, 1.807) is 12.1 Å². The molecule has 1 aromatic carbocycles. The quantitative estimate of drug-likeness (QED) is 0.442. The van der Waals surface area contributed by atoms with E-state index in [9.17, 15) is 5.11 Å². The number of phenols is 1. The fourth-order valence-electron chi connectivity index (χ4n) is 5.37. The second-order valence-electron chi connectivity index (χ2n) is 10.4. The van der Waals surface area contributed by atoms with Crippen molar-refractivity contribution in [2.24, 2.45) is 10.9 Å². The first-order valence-corrected chi connectivity index (χ1v) is 13.0. The molecule has 190 valence electrons. The number of nitrogens with zero attached hydrogens (tertiary/aromatic N) is 4. The molecule has 1 aromatic heterocycles. The normalized spacial score (nSPS) is 20.9. The summed E-state index contributed by atoms with van der Waals surface area (Å²) < 4.78 is 0. The molecule has 5 N–H and O–H groups in total. The van der Waals surface area contributed by atoms with Crippen LogP contribution in [-0.2, 0) is 10.3 Å². The summed E-state index contributed by atoms with van der Waals surface area (Å²) in [5.74, 6) is 0.621. The predicted octanol–water partition coefficient (Wildman–Crippen LogP) is 4.21. The molecule has 2 aromatic rings. The van der Waals surface area contributed by atoms with Gasteiger partial charge in [0.2, 0.25) is 0 Å². The van der Waals surface area contributed by atoms with E-state index in [0.717, 1.165) is 47.7 Å². The fraction of sp³-hybridized carbons (Fsp3) is 0.593. The minimum atomic E-state index is -0.549. The Balaban J connectivity index is 0.000000356. The molecule has 0 atom stereocenters. The molecule has 2 fully saturated rings. The van der Waals surface area contributed by atoms with Crippen LogP contribution in [0.2, 0.25) is 0 Å². The minimum absolute atomic E-state index is 0.182. The van der Waals surface area contributed by atoms with Gasteiger partial charge in [0.1, 0.15) is 24.5 Å². The molecule has 0 amide bonds.